The number of carbonyl (C=O) groups excluding carboxylic acids is 3. The molecule has 3 rings (SSSR count). The molecule has 1 aliphatic rings. The molecule has 1 heterocycles. The molecule has 0 saturated carbocycles. The van der Waals surface area contributed by atoms with Gasteiger partial charge in [0, 0.05) is 9.35 Å². The Bertz CT molecular complexity index is 925. The van der Waals surface area contributed by atoms with Crippen LogP contribution in [0.5, 0.6) is 5.75 Å². The summed E-state index contributed by atoms with van der Waals surface area (Å²) in [5, 5.41) is 3.06. The topological polar surface area (TPSA) is 90.9 Å². The number of hydrogen-bond donors (Lipinski definition) is 1. The van der Waals surface area contributed by atoms with E-state index in [1.165, 1.54) is 25.6 Å². The Morgan fingerprint density at radius 1 is 1.25 bits per heavy atom. The highest BCUT2D eigenvalue weighted by Gasteiger charge is 2.38. The van der Waals surface area contributed by atoms with Gasteiger partial charge in [0.1, 0.15) is 10.8 Å². The molecular weight excluding hydrogens is 450 g/mol. The van der Waals surface area contributed by atoms with E-state index in [1.54, 1.807) is 18.2 Å². The molecule has 0 bridgehead atoms. The second-order valence-corrected chi connectivity index (χ2v) is 8.06. The first-order chi connectivity index (χ1) is 13.4. The van der Waals surface area contributed by atoms with E-state index in [0.29, 0.717) is 29.2 Å². The summed E-state index contributed by atoms with van der Waals surface area (Å²) in [4.78, 5) is 37.7. The lowest BCUT2D eigenvalue weighted by atomic mass is 9.99. The van der Waals surface area contributed by atoms with Crippen LogP contribution in [0.2, 0.25) is 0 Å². The van der Waals surface area contributed by atoms with Gasteiger partial charge in [0.25, 0.3) is 5.91 Å². The average molecular weight is 468 g/mol. The van der Waals surface area contributed by atoms with Crippen LogP contribution >= 0.6 is 27.3 Å². The van der Waals surface area contributed by atoms with E-state index < -0.39 is 23.8 Å². The van der Waals surface area contributed by atoms with Crippen LogP contribution in [-0.4, -0.2) is 38.7 Å². The molecule has 1 unspecified atom stereocenters. The van der Waals surface area contributed by atoms with Gasteiger partial charge in [-0.1, -0.05) is 22.0 Å². The van der Waals surface area contributed by atoms with Crippen LogP contribution in [0.15, 0.2) is 28.7 Å². The predicted molar refractivity (Wildman–Crippen MR) is 107 cm³/mol. The molecule has 28 heavy (non-hydrogen) atoms. The van der Waals surface area contributed by atoms with E-state index in [-0.39, 0.29) is 12.2 Å². The Morgan fingerprint density at radius 3 is 2.71 bits per heavy atom. The number of ether oxygens (including phenoxy) is 3. The molecule has 1 atom stereocenters. The molecule has 7 nitrogen and oxygen atoms in total. The van der Waals surface area contributed by atoms with Crippen molar-refractivity contribution >= 4 is 50.1 Å². The largest absolute Gasteiger partial charge is 0.484 e. The maximum atomic E-state index is 12.4. The van der Waals surface area contributed by atoms with Gasteiger partial charge in [-0.3, -0.25) is 9.59 Å². The van der Waals surface area contributed by atoms with Gasteiger partial charge in [-0.05, 0) is 36.6 Å². The van der Waals surface area contributed by atoms with Gasteiger partial charge in [0.2, 0.25) is 0 Å². The Morgan fingerprint density at radius 2 is 2.04 bits per heavy atom. The smallest absolute Gasteiger partial charge is 0.341 e. The van der Waals surface area contributed by atoms with E-state index >= 15 is 0 Å². The summed E-state index contributed by atoms with van der Waals surface area (Å²) in [6, 6.07) is 7.12. The van der Waals surface area contributed by atoms with Gasteiger partial charge >= 0.3 is 11.9 Å². The summed E-state index contributed by atoms with van der Waals surface area (Å²) in [7, 11) is 2.57. The zero-order chi connectivity index (χ0) is 20.3. The number of hydrogen-bond acceptors (Lipinski definition) is 7. The van der Waals surface area contributed by atoms with Gasteiger partial charge in [-0.2, -0.15) is 0 Å². The highest BCUT2D eigenvalue weighted by atomic mass is 79.9. The molecule has 0 spiro atoms. The van der Waals surface area contributed by atoms with Crippen LogP contribution in [0.3, 0.4) is 0 Å². The monoisotopic (exact) mass is 467 g/mol. The molecule has 0 fully saturated rings. The Hall–Kier alpha value is -2.39. The zero-order valence-electron chi connectivity index (χ0n) is 15.2. The fraction of sp³-hybridized carbons (Fsp3) is 0.316. The van der Waals surface area contributed by atoms with E-state index in [1.807, 2.05) is 6.07 Å². The summed E-state index contributed by atoms with van der Waals surface area (Å²) in [5.41, 5.74) is 0.804. The van der Waals surface area contributed by atoms with Gasteiger partial charge in [-0.15, -0.1) is 11.3 Å². The molecule has 1 aliphatic carbocycles. The molecule has 9 heteroatoms. The summed E-state index contributed by atoms with van der Waals surface area (Å²) < 4.78 is 16.0. The fourth-order valence-corrected chi connectivity index (χ4v) is 4.76. The van der Waals surface area contributed by atoms with E-state index in [9.17, 15) is 14.4 Å². The van der Waals surface area contributed by atoms with Crippen LogP contribution in [-0.2, 0) is 25.5 Å². The lowest BCUT2D eigenvalue weighted by Crippen LogP contribution is -2.22. The van der Waals surface area contributed by atoms with Crippen LogP contribution < -0.4 is 10.1 Å². The number of rotatable bonds is 6. The van der Waals surface area contributed by atoms with Crippen molar-refractivity contribution in [3.63, 3.8) is 0 Å². The van der Waals surface area contributed by atoms with Crippen molar-refractivity contribution in [2.75, 3.05) is 26.1 Å². The third kappa shape index (κ3) is 4.20. The number of thiophene rings is 1. The summed E-state index contributed by atoms with van der Waals surface area (Å²) in [6.07, 6.45) is 1.20. The number of anilines is 1. The molecular formula is C19H18BrNO6S. The van der Waals surface area contributed by atoms with Crippen molar-refractivity contribution in [1.82, 2.24) is 0 Å². The number of carbonyl (C=O) groups is 3. The molecule has 2 aromatic rings. The summed E-state index contributed by atoms with van der Waals surface area (Å²) in [6.45, 7) is -0.222. The molecule has 0 aliphatic heterocycles. The highest BCUT2D eigenvalue weighted by Crippen LogP contribution is 2.45. The minimum atomic E-state index is -0.600. The summed E-state index contributed by atoms with van der Waals surface area (Å²) in [5.74, 6) is -1.42. The van der Waals surface area contributed by atoms with Gasteiger partial charge in [-0.25, -0.2) is 4.79 Å². The van der Waals surface area contributed by atoms with E-state index in [0.717, 1.165) is 9.35 Å². The lowest BCUT2D eigenvalue weighted by Gasteiger charge is -2.12. The van der Waals surface area contributed by atoms with Crippen molar-refractivity contribution < 1.29 is 28.6 Å². The van der Waals surface area contributed by atoms with Gasteiger partial charge in [0.15, 0.2) is 6.61 Å². The Kier molecular flexibility index (Phi) is 6.35. The molecule has 1 amide bonds. The Labute approximate surface area is 174 Å². The molecule has 1 aromatic heterocycles. The van der Waals surface area contributed by atoms with Crippen molar-refractivity contribution in [3.8, 4) is 5.75 Å². The van der Waals surface area contributed by atoms with Gasteiger partial charge in [0.05, 0.1) is 25.7 Å². The van der Waals surface area contributed by atoms with Crippen LogP contribution in [0, 0.1) is 0 Å². The number of aryl methyl sites for hydroxylation is 1. The maximum absolute atomic E-state index is 12.4. The minimum absolute atomic E-state index is 0.214. The van der Waals surface area contributed by atoms with Crippen molar-refractivity contribution in [3.05, 3.63) is 44.7 Å². The third-order valence-corrected chi connectivity index (χ3v) is 6.00. The quantitative estimate of drug-likeness (QED) is 0.653. The number of methoxy groups -OCH3 is 2. The second kappa shape index (κ2) is 8.74. The Balaban J connectivity index is 1.79. The number of amides is 1. The minimum Gasteiger partial charge on any atom is -0.484 e. The van der Waals surface area contributed by atoms with Crippen LogP contribution in [0.25, 0.3) is 0 Å². The first kappa shape index (κ1) is 20.3. The normalized spacial score (nSPS) is 14.9. The molecule has 1 N–H and O–H groups in total. The zero-order valence-corrected chi connectivity index (χ0v) is 17.6. The number of esters is 2. The number of fused-ring (bicyclic) bond motifs is 1. The van der Waals surface area contributed by atoms with E-state index in [4.69, 9.17) is 14.2 Å². The first-order valence-corrected chi connectivity index (χ1v) is 10.1. The van der Waals surface area contributed by atoms with E-state index in [2.05, 4.69) is 21.2 Å². The predicted octanol–water partition coefficient (Wildman–Crippen LogP) is 3.52. The molecule has 0 saturated heterocycles. The van der Waals surface area contributed by atoms with Crippen molar-refractivity contribution in [2.24, 2.45) is 0 Å². The second-order valence-electron chi connectivity index (χ2n) is 6.04. The molecule has 0 radical (unpaired) electrons. The van der Waals surface area contributed by atoms with Crippen LogP contribution in [0.4, 0.5) is 5.00 Å². The standard InChI is InChI=1S/C19H18BrNO6S/c1-25-18(23)12-6-7-13-15(12)16(19(24)26-2)17(28-13)21-14(22)9-27-11-5-3-4-10(20)8-11/h3-5,8,12H,6-7,9H2,1-2H3,(H,21,22). The number of halogens is 1. The first-order valence-electron chi connectivity index (χ1n) is 8.44. The molecule has 1 aromatic carbocycles. The molecule has 148 valence electrons. The third-order valence-electron chi connectivity index (χ3n) is 4.32. The lowest BCUT2D eigenvalue weighted by molar-refractivity contribution is -0.142. The number of benzene rings is 1. The van der Waals surface area contributed by atoms with Crippen molar-refractivity contribution in [2.45, 2.75) is 18.8 Å². The summed E-state index contributed by atoms with van der Waals surface area (Å²) >= 11 is 4.61. The van der Waals surface area contributed by atoms with Crippen molar-refractivity contribution in [1.29, 1.82) is 0 Å². The van der Waals surface area contributed by atoms with Crippen LogP contribution in [0.1, 0.15) is 33.1 Å². The highest BCUT2D eigenvalue weighted by molar-refractivity contribution is 9.10. The fourth-order valence-electron chi connectivity index (χ4n) is 3.10. The number of nitrogens with one attached hydrogen (secondary N) is 1. The average Bonchev–Trinajstić information content (AvgIpc) is 3.24. The SMILES string of the molecule is COC(=O)c1c(NC(=O)COc2cccc(Br)c2)sc2c1C(C(=O)OC)CC2. The van der Waals surface area contributed by atoms with Gasteiger partial charge < -0.3 is 19.5 Å². The maximum Gasteiger partial charge on any atom is 0.341 e.